The molecule has 1 aliphatic carbocycles. The zero-order chi connectivity index (χ0) is 19.0. The highest BCUT2D eigenvalue weighted by molar-refractivity contribution is 7.99. The first-order chi connectivity index (χ1) is 13.0. The lowest BCUT2D eigenvalue weighted by Crippen LogP contribution is -2.12. The number of nitrogens with one attached hydrogen (secondary N) is 1. The van der Waals surface area contributed by atoms with Crippen LogP contribution in [0.1, 0.15) is 59.0 Å². The number of thioether (sulfide) groups is 1. The first kappa shape index (κ1) is 18.4. The zero-order valence-corrected chi connectivity index (χ0v) is 17.1. The Balaban J connectivity index is 1.52. The van der Waals surface area contributed by atoms with Gasteiger partial charge in [0.2, 0.25) is 0 Å². The average Bonchev–Trinajstić information content (AvgIpc) is 3.05. The Kier molecular flexibility index (Phi) is 5.19. The molecule has 0 saturated heterocycles. The van der Waals surface area contributed by atoms with E-state index >= 15 is 0 Å². The number of fused-ring (bicyclic) bond motifs is 3. The van der Waals surface area contributed by atoms with E-state index in [-0.39, 0.29) is 17.1 Å². The van der Waals surface area contributed by atoms with Gasteiger partial charge in [0.15, 0.2) is 10.9 Å². The van der Waals surface area contributed by atoms with Gasteiger partial charge in [0, 0.05) is 10.4 Å². The molecule has 0 saturated carbocycles. The third kappa shape index (κ3) is 3.73. The highest BCUT2D eigenvalue weighted by atomic mass is 32.2. The van der Waals surface area contributed by atoms with Crippen molar-refractivity contribution in [2.75, 3.05) is 5.75 Å². The number of aromatic amines is 1. The molecular weight excluding hydrogens is 376 g/mol. The Morgan fingerprint density at radius 3 is 2.70 bits per heavy atom. The van der Waals surface area contributed by atoms with Gasteiger partial charge in [-0.15, -0.1) is 11.3 Å². The van der Waals surface area contributed by atoms with Gasteiger partial charge in [0.05, 0.1) is 11.1 Å². The molecule has 0 amide bonds. The number of ketones is 1. The van der Waals surface area contributed by atoms with Crippen LogP contribution in [0.3, 0.4) is 0 Å². The maximum absolute atomic E-state index is 12.6. The molecule has 0 spiro atoms. The Hall–Kier alpha value is -1.92. The lowest BCUT2D eigenvalue weighted by Gasteiger charge is -2.09. The second kappa shape index (κ2) is 7.60. The summed E-state index contributed by atoms with van der Waals surface area (Å²) in [6, 6.07) is 7.77. The van der Waals surface area contributed by atoms with E-state index < -0.39 is 0 Å². The molecule has 2 aromatic heterocycles. The predicted octanol–water partition coefficient (Wildman–Crippen LogP) is 4.96. The van der Waals surface area contributed by atoms with E-state index in [2.05, 4.69) is 23.8 Å². The number of hydrogen-bond donors (Lipinski definition) is 1. The van der Waals surface area contributed by atoms with Gasteiger partial charge < -0.3 is 4.98 Å². The summed E-state index contributed by atoms with van der Waals surface area (Å²) in [5.41, 5.74) is 3.03. The topological polar surface area (TPSA) is 62.8 Å². The van der Waals surface area contributed by atoms with Crippen LogP contribution in [0.5, 0.6) is 0 Å². The van der Waals surface area contributed by atoms with Crippen molar-refractivity contribution in [2.45, 2.75) is 50.6 Å². The fourth-order valence-corrected chi connectivity index (χ4v) is 5.56. The third-order valence-corrected chi connectivity index (χ3v) is 7.10. The zero-order valence-electron chi connectivity index (χ0n) is 15.5. The summed E-state index contributed by atoms with van der Waals surface area (Å²) in [7, 11) is 0. The van der Waals surface area contributed by atoms with Crippen LogP contribution in [-0.2, 0) is 12.8 Å². The number of aromatic nitrogens is 2. The van der Waals surface area contributed by atoms with Crippen molar-refractivity contribution in [3.63, 3.8) is 0 Å². The highest BCUT2D eigenvalue weighted by Crippen LogP contribution is 2.34. The summed E-state index contributed by atoms with van der Waals surface area (Å²) < 4.78 is 0. The number of thiophene rings is 1. The van der Waals surface area contributed by atoms with Crippen LogP contribution in [0.4, 0.5) is 0 Å². The van der Waals surface area contributed by atoms with Crippen LogP contribution in [-0.4, -0.2) is 21.5 Å². The largest absolute Gasteiger partial charge is 0.301 e. The molecule has 0 bridgehead atoms. The lowest BCUT2D eigenvalue weighted by atomic mass is 9.97. The van der Waals surface area contributed by atoms with Gasteiger partial charge in [0.25, 0.3) is 5.56 Å². The predicted molar refractivity (Wildman–Crippen MR) is 112 cm³/mol. The molecule has 0 fully saturated rings. The Morgan fingerprint density at radius 1 is 1.22 bits per heavy atom. The van der Waals surface area contributed by atoms with E-state index in [1.807, 2.05) is 24.3 Å². The molecular formula is C21H22N2O2S2. The Labute approximate surface area is 166 Å². The number of Topliss-reactive ketones (excluding diaryl/α,β-unsaturated/α-hetero) is 1. The Morgan fingerprint density at radius 2 is 1.96 bits per heavy atom. The first-order valence-electron chi connectivity index (χ1n) is 9.33. The number of H-pyrrole nitrogens is 1. The van der Waals surface area contributed by atoms with E-state index in [1.54, 1.807) is 11.3 Å². The smallest absolute Gasteiger partial charge is 0.260 e. The van der Waals surface area contributed by atoms with Crippen LogP contribution in [0, 0.1) is 0 Å². The molecule has 27 heavy (non-hydrogen) atoms. The van der Waals surface area contributed by atoms with E-state index in [9.17, 15) is 9.59 Å². The molecule has 1 N–H and O–H groups in total. The number of carbonyl (C=O) groups is 1. The molecule has 0 unspecified atom stereocenters. The number of carbonyl (C=O) groups excluding carboxylic acids is 1. The van der Waals surface area contributed by atoms with Crippen LogP contribution >= 0.6 is 23.1 Å². The minimum absolute atomic E-state index is 0.0449. The highest BCUT2D eigenvalue weighted by Gasteiger charge is 2.20. The van der Waals surface area contributed by atoms with Crippen molar-refractivity contribution in [3.8, 4) is 0 Å². The molecule has 2 heterocycles. The van der Waals surface area contributed by atoms with E-state index in [0.717, 1.165) is 29.5 Å². The maximum atomic E-state index is 12.6. The summed E-state index contributed by atoms with van der Waals surface area (Å²) in [5.74, 6) is 0.755. The van der Waals surface area contributed by atoms with Gasteiger partial charge in [-0.1, -0.05) is 49.9 Å². The Bertz CT molecular complexity index is 1050. The normalized spacial score (nSPS) is 13.9. The van der Waals surface area contributed by atoms with Crippen molar-refractivity contribution in [1.29, 1.82) is 0 Å². The number of nitrogens with zero attached hydrogens (tertiary/aromatic N) is 1. The van der Waals surface area contributed by atoms with Gasteiger partial charge in [0.1, 0.15) is 4.83 Å². The van der Waals surface area contributed by atoms with E-state index in [0.29, 0.717) is 16.6 Å². The average molecular weight is 399 g/mol. The van der Waals surface area contributed by atoms with E-state index in [4.69, 9.17) is 0 Å². The summed E-state index contributed by atoms with van der Waals surface area (Å²) >= 11 is 2.93. The van der Waals surface area contributed by atoms with Crippen molar-refractivity contribution in [1.82, 2.24) is 9.97 Å². The van der Waals surface area contributed by atoms with Crippen molar-refractivity contribution < 1.29 is 4.79 Å². The molecule has 140 valence electrons. The SMILES string of the molecule is CC(C)c1ccc(C(=O)CSc2nc3sc4c(c3c(=O)[nH]2)CCCC4)cc1. The van der Waals surface area contributed by atoms with Crippen LogP contribution in [0.15, 0.2) is 34.2 Å². The van der Waals surface area contributed by atoms with E-state index in [1.165, 1.54) is 34.2 Å². The van der Waals surface area contributed by atoms with Gasteiger partial charge in [-0.05, 0) is 42.7 Å². The molecule has 0 aliphatic heterocycles. The second-order valence-corrected chi connectivity index (χ2v) is 9.30. The van der Waals surface area contributed by atoms with Crippen LogP contribution < -0.4 is 5.56 Å². The number of benzene rings is 1. The summed E-state index contributed by atoms with van der Waals surface area (Å²) in [4.78, 5) is 34.6. The monoisotopic (exact) mass is 398 g/mol. The lowest BCUT2D eigenvalue weighted by molar-refractivity contribution is 0.102. The quantitative estimate of drug-likeness (QED) is 0.375. The van der Waals surface area contributed by atoms with Crippen molar-refractivity contribution in [2.24, 2.45) is 0 Å². The first-order valence-corrected chi connectivity index (χ1v) is 11.1. The molecule has 4 nitrogen and oxygen atoms in total. The molecule has 6 heteroatoms. The third-order valence-electron chi connectivity index (χ3n) is 5.04. The number of rotatable bonds is 5. The maximum Gasteiger partial charge on any atom is 0.260 e. The van der Waals surface area contributed by atoms with Gasteiger partial charge in [-0.25, -0.2) is 4.98 Å². The number of hydrogen-bond acceptors (Lipinski definition) is 5. The van der Waals surface area contributed by atoms with Gasteiger partial charge >= 0.3 is 0 Å². The fourth-order valence-electron chi connectivity index (χ4n) is 3.48. The molecule has 0 atom stereocenters. The van der Waals surface area contributed by atoms with Crippen LogP contribution in [0.2, 0.25) is 0 Å². The van der Waals surface area contributed by atoms with Crippen molar-refractivity contribution in [3.05, 3.63) is 56.2 Å². The fraction of sp³-hybridized carbons (Fsp3) is 0.381. The standard InChI is InChI=1S/C21H22N2O2S2/c1-12(2)13-7-9-14(10-8-13)16(24)11-26-21-22-19(25)18-15-5-3-4-6-17(15)27-20(18)23-21/h7-10,12H,3-6,11H2,1-2H3,(H,22,23,25). The summed E-state index contributed by atoms with van der Waals surface area (Å²) in [6.45, 7) is 4.26. The number of aryl methyl sites for hydroxylation is 2. The summed E-state index contributed by atoms with van der Waals surface area (Å²) in [6.07, 6.45) is 4.34. The molecule has 1 aromatic carbocycles. The minimum Gasteiger partial charge on any atom is -0.301 e. The van der Waals surface area contributed by atoms with Gasteiger partial charge in [-0.3, -0.25) is 9.59 Å². The summed E-state index contributed by atoms with van der Waals surface area (Å²) in [5, 5.41) is 1.29. The van der Waals surface area contributed by atoms with Crippen molar-refractivity contribution >= 4 is 39.1 Å². The second-order valence-electron chi connectivity index (χ2n) is 7.25. The molecule has 3 aromatic rings. The molecule has 0 radical (unpaired) electrons. The minimum atomic E-state index is -0.0735. The molecule has 1 aliphatic rings. The molecule has 4 rings (SSSR count). The van der Waals surface area contributed by atoms with Crippen LogP contribution in [0.25, 0.3) is 10.2 Å². The van der Waals surface area contributed by atoms with Gasteiger partial charge in [-0.2, -0.15) is 0 Å².